The Kier molecular flexibility index (Phi) is 2.55. The lowest BCUT2D eigenvalue weighted by Crippen LogP contribution is -2.38. The first-order valence-corrected chi connectivity index (χ1v) is 6.28. The number of para-hydroxylation sites is 2. The molecule has 1 heterocycles. The van der Waals surface area contributed by atoms with Gasteiger partial charge in [-0.05, 0) is 19.1 Å². The van der Waals surface area contributed by atoms with E-state index in [1.807, 2.05) is 24.3 Å². The molecular weight excluding hydrogens is 234 g/mol. The summed E-state index contributed by atoms with van der Waals surface area (Å²) in [5.74, 6) is 0. The molecule has 1 aromatic heterocycles. The molecule has 2 aromatic carbocycles. The Hall–Kier alpha value is -2.31. The topological polar surface area (TPSA) is 54.7 Å². The van der Waals surface area contributed by atoms with Gasteiger partial charge in [-0.15, -0.1) is 0 Å². The van der Waals surface area contributed by atoms with E-state index in [1.165, 1.54) is 10.8 Å². The SMILES string of the molecule is CC(N)(C#N)Cn1c2ccccc2c2ccccc21. The lowest BCUT2D eigenvalue weighted by molar-refractivity contribution is 0.511. The number of fused-ring (bicyclic) bond motifs is 3. The van der Waals surface area contributed by atoms with Crippen LogP contribution >= 0.6 is 0 Å². The largest absolute Gasteiger partial charge is 0.338 e. The highest BCUT2D eigenvalue weighted by Crippen LogP contribution is 2.29. The number of nitrogens with two attached hydrogens (primary N) is 1. The standard InChI is InChI=1S/C16H15N3/c1-16(18,10-17)11-19-14-8-4-2-6-12(14)13-7-3-5-9-15(13)19/h2-9H,11,18H2,1H3. The van der Waals surface area contributed by atoms with Crippen molar-refractivity contribution in [2.24, 2.45) is 5.73 Å². The Morgan fingerprint density at radius 1 is 1.05 bits per heavy atom. The molecule has 3 heteroatoms. The zero-order valence-electron chi connectivity index (χ0n) is 10.8. The molecule has 0 aliphatic rings. The molecule has 3 rings (SSSR count). The number of hydrogen-bond donors (Lipinski definition) is 1. The van der Waals surface area contributed by atoms with Gasteiger partial charge in [0, 0.05) is 21.8 Å². The van der Waals surface area contributed by atoms with Gasteiger partial charge in [-0.3, -0.25) is 0 Å². The second-order valence-electron chi connectivity index (χ2n) is 5.15. The number of nitriles is 1. The number of benzene rings is 2. The van der Waals surface area contributed by atoms with Gasteiger partial charge in [0.25, 0.3) is 0 Å². The molecule has 0 amide bonds. The van der Waals surface area contributed by atoms with E-state index in [-0.39, 0.29) is 0 Å². The highest BCUT2D eigenvalue weighted by molar-refractivity contribution is 6.07. The summed E-state index contributed by atoms with van der Waals surface area (Å²) in [5, 5.41) is 11.6. The first kappa shape index (κ1) is 11.8. The summed E-state index contributed by atoms with van der Waals surface area (Å²) in [7, 11) is 0. The molecule has 1 atom stereocenters. The van der Waals surface area contributed by atoms with Crippen molar-refractivity contribution in [3.05, 3.63) is 48.5 Å². The van der Waals surface area contributed by atoms with Crippen LogP contribution < -0.4 is 5.73 Å². The van der Waals surface area contributed by atoms with Crippen molar-refractivity contribution < 1.29 is 0 Å². The van der Waals surface area contributed by atoms with Crippen LogP contribution in [0.2, 0.25) is 0 Å². The van der Waals surface area contributed by atoms with Gasteiger partial charge in [-0.2, -0.15) is 5.26 Å². The summed E-state index contributed by atoms with van der Waals surface area (Å²) < 4.78 is 2.13. The van der Waals surface area contributed by atoms with Crippen molar-refractivity contribution in [3.8, 4) is 6.07 Å². The summed E-state index contributed by atoms with van der Waals surface area (Å²) in [6.07, 6.45) is 0. The van der Waals surface area contributed by atoms with E-state index in [9.17, 15) is 0 Å². The zero-order chi connectivity index (χ0) is 13.5. The van der Waals surface area contributed by atoms with Gasteiger partial charge < -0.3 is 10.3 Å². The Morgan fingerprint density at radius 2 is 1.53 bits per heavy atom. The van der Waals surface area contributed by atoms with Crippen molar-refractivity contribution >= 4 is 21.8 Å². The van der Waals surface area contributed by atoms with Crippen LogP contribution in [0.25, 0.3) is 21.8 Å². The molecule has 0 aliphatic heterocycles. The maximum atomic E-state index is 9.15. The fraction of sp³-hybridized carbons (Fsp3) is 0.188. The minimum Gasteiger partial charge on any atom is -0.338 e. The van der Waals surface area contributed by atoms with Gasteiger partial charge in [0.05, 0.1) is 12.6 Å². The number of hydrogen-bond acceptors (Lipinski definition) is 2. The molecule has 0 radical (unpaired) electrons. The van der Waals surface area contributed by atoms with Gasteiger partial charge in [-0.25, -0.2) is 0 Å². The maximum absolute atomic E-state index is 9.15. The van der Waals surface area contributed by atoms with E-state index in [1.54, 1.807) is 6.92 Å². The van der Waals surface area contributed by atoms with Crippen molar-refractivity contribution in [2.45, 2.75) is 19.0 Å². The summed E-state index contributed by atoms with van der Waals surface area (Å²) in [5.41, 5.74) is 7.38. The third-order valence-corrected chi connectivity index (χ3v) is 3.42. The molecule has 2 N–H and O–H groups in total. The molecule has 3 nitrogen and oxygen atoms in total. The molecule has 3 aromatic rings. The van der Waals surface area contributed by atoms with Crippen LogP contribution in [0.5, 0.6) is 0 Å². The lowest BCUT2D eigenvalue weighted by atomic mass is 10.1. The van der Waals surface area contributed by atoms with Crippen molar-refractivity contribution in [3.63, 3.8) is 0 Å². The van der Waals surface area contributed by atoms with Gasteiger partial charge in [0.2, 0.25) is 0 Å². The maximum Gasteiger partial charge on any atom is 0.119 e. The summed E-state index contributed by atoms with van der Waals surface area (Å²) in [4.78, 5) is 0. The fourth-order valence-electron chi connectivity index (χ4n) is 2.54. The fourth-order valence-corrected chi connectivity index (χ4v) is 2.54. The quantitative estimate of drug-likeness (QED) is 0.759. The molecule has 0 fully saturated rings. The minimum absolute atomic E-state index is 0.484. The molecule has 0 spiro atoms. The van der Waals surface area contributed by atoms with Crippen LogP contribution in [0.1, 0.15) is 6.92 Å². The second kappa shape index (κ2) is 4.11. The van der Waals surface area contributed by atoms with E-state index in [2.05, 4.69) is 34.9 Å². The van der Waals surface area contributed by atoms with Gasteiger partial charge >= 0.3 is 0 Å². The molecular formula is C16H15N3. The average Bonchev–Trinajstić information content (AvgIpc) is 2.74. The Balaban J connectivity index is 2.35. The Labute approximate surface area is 111 Å². The van der Waals surface area contributed by atoms with E-state index in [0.29, 0.717) is 6.54 Å². The highest BCUT2D eigenvalue weighted by Gasteiger charge is 2.20. The summed E-state index contributed by atoms with van der Waals surface area (Å²) in [6, 6.07) is 18.6. The molecule has 19 heavy (non-hydrogen) atoms. The summed E-state index contributed by atoms with van der Waals surface area (Å²) in [6.45, 7) is 2.24. The van der Waals surface area contributed by atoms with Crippen LogP contribution in [-0.4, -0.2) is 10.1 Å². The Morgan fingerprint density at radius 3 is 2.00 bits per heavy atom. The minimum atomic E-state index is -0.870. The van der Waals surface area contributed by atoms with Gasteiger partial charge in [0.15, 0.2) is 0 Å². The number of aromatic nitrogens is 1. The Bertz CT molecular complexity index is 737. The van der Waals surface area contributed by atoms with Crippen molar-refractivity contribution in [1.29, 1.82) is 5.26 Å². The van der Waals surface area contributed by atoms with Crippen LogP contribution in [0.3, 0.4) is 0 Å². The number of rotatable bonds is 2. The van der Waals surface area contributed by atoms with E-state index >= 15 is 0 Å². The van der Waals surface area contributed by atoms with E-state index < -0.39 is 5.54 Å². The molecule has 0 saturated carbocycles. The predicted molar refractivity (Wildman–Crippen MR) is 77.6 cm³/mol. The first-order chi connectivity index (χ1) is 9.12. The molecule has 0 saturated heterocycles. The molecule has 0 bridgehead atoms. The molecule has 1 unspecified atom stereocenters. The summed E-state index contributed by atoms with van der Waals surface area (Å²) >= 11 is 0. The zero-order valence-corrected chi connectivity index (χ0v) is 10.8. The first-order valence-electron chi connectivity index (χ1n) is 6.28. The van der Waals surface area contributed by atoms with Gasteiger partial charge in [-0.1, -0.05) is 36.4 Å². The van der Waals surface area contributed by atoms with Gasteiger partial charge in [0.1, 0.15) is 5.54 Å². The van der Waals surface area contributed by atoms with Crippen molar-refractivity contribution in [1.82, 2.24) is 4.57 Å². The monoisotopic (exact) mass is 249 g/mol. The smallest absolute Gasteiger partial charge is 0.119 e. The average molecular weight is 249 g/mol. The third kappa shape index (κ3) is 1.87. The van der Waals surface area contributed by atoms with Crippen molar-refractivity contribution in [2.75, 3.05) is 0 Å². The predicted octanol–water partition coefficient (Wildman–Crippen LogP) is 3.04. The van der Waals surface area contributed by atoms with E-state index in [0.717, 1.165) is 11.0 Å². The van der Waals surface area contributed by atoms with Crippen LogP contribution in [0, 0.1) is 11.3 Å². The normalized spacial score (nSPS) is 14.4. The second-order valence-corrected chi connectivity index (χ2v) is 5.15. The number of nitrogens with zero attached hydrogens (tertiary/aromatic N) is 2. The molecule has 0 aliphatic carbocycles. The van der Waals surface area contributed by atoms with Crippen LogP contribution in [-0.2, 0) is 6.54 Å². The van der Waals surface area contributed by atoms with Crippen LogP contribution in [0.15, 0.2) is 48.5 Å². The lowest BCUT2D eigenvalue weighted by Gasteiger charge is -2.18. The molecule has 94 valence electrons. The highest BCUT2D eigenvalue weighted by atomic mass is 15.0. The third-order valence-electron chi connectivity index (χ3n) is 3.42. The van der Waals surface area contributed by atoms with Crippen LogP contribution in [0.4, 0.5) is 0 Å². The van der Waals surface area contributed by atoms with E-state index in [4.69, 9.17) is 11.0 Å².